The lowest BCUT2D eigenvalue weighted by Gasteiger charge is -2.41. The quantitative estimate of drug-likeness (QED) is 0.852. The van der Waals surface area contributed by atoms with E-state index in [9.17, 15) is 10.1 Å². The number of nitriles is 1. The Morgan fingerprint density at radius 3 is 2.48 bits per heavy atom. The summed E-state index contributed by atoms with van der Waals surface area (Å²) in [6.45, 7) is 4.91. The predicted octanol–water partition coefficient (Wildman–Crippen LogP) is 3.03. The molecule has 1 fully saturated rings. The number of ether oxygens (including phenoxy) is 2. The number of methoxy groups -OCH3 is 1. The van der Waals surface area contributed by atoms with Crippen LogP contribution in [0.25, 0.3) is 0 Å². The molecule has 1 atom stereocenters. The minimum atomic E-state index is -0.0485. The van der Waals surface area contributed by atoms with Crippen LogP contribution >= 0.6 is 0 Å². The minimum Gasteiger partial charge on any atom is -0.497 e. The normalized spacial score (nSPS) is 14.7. The van der Waals surface area contributed by atoms with Gasteiger partial charge in [0.1, 0.15) is 23.7 Å². The number of benzene rings is 2. The van der Waals surface area contributed by atoms with Gasteiger partial charge in [0, 0.05) is 6.92 Å². The second-order valence-corrected chi connectivity index (χ2v) is 6.63. The van der Waals surface area contributed by atoms with Crippen LogP contribution in [0.5, 0.6) is 11.5 Å². The number of nitrogens with one attached hydrogen (secondary N) is 1. The van der Waals surface area contributed by atoms with Gasteiger partial charge in [-0.1, -0.05) is 12.1 Å². The first kappa shape index (κ1) is 18.6. The Hall–Kier alpha value is -3.20. The average Bonchev–Trinajstić information content (AvgIpc) is 2.64. The number of carbonyl (C=O) groups is 1. The third-order valence-electron chi connectivity index (χ3n) is 4.62. The molecule has 140 valence electrons. The van der Waals surface area contributed by atoms with Gasteiger partial charge in [0.25, 0.3) is 0 Å². The lowest BCUT2D eigenvalue weighted by molar-refractivity contribution is -0.119. The molecule has 2 aromatic carbocycles. The molecule has 3 rings (SSSR count). The summed E-state index contributed by atoms with van der Waals surface area (Å²) in [6, 6.07) is 15.5. The third kappa shape index (κ3) is 4.32. The Bertz CT molecular complexity index is 852. The van der Waals surface area contributed by atoms with Gasteiger partial charge >= 0.3 is 0 Å². The van der Waals surface area contributed by atoms with Crippen LogP contribution < -0.4 is 19.7 Å². The molecule has 2 aromatic rings. The molecule has 1 N–H and O–H groups in total. The van der Waals surface area contributed by atoms with E-state index in [1.165, 1.54) is 6.92 Å². The summed E-state index contributed by atoms with van der Waals surface area (Å²) in [5.74, 6) is 1.43. The van der Waals surface area contributed by atoms with Crippen molar-refractivity contribution in [3.63, 3.8) is 0 Å². The van der Waals surface area contributed by atoms with E-state index in [0.717, 1.165) is 30.1 Å². The molecule has 1 aliphatic rings. The van der Waals surface area contributed by atoms with Crippen molar-refractivity contribution >= 4 is 11.6 Å². The van der Waals surface area contributed by atoms with Gasteiger partial charge in [-0.05, 0) is 42.8 Å². The number of rotatable bonds is 6. The summed E-state index contributed by atoms with van der Waals surface area (Å²) >= 11 is 0. The summed E-state index contributed by atoms with van der Waals surface area (Å²) in [5, 5.41) is 12.2. The molecule has 1 saturated heterocycles. The molecule has 0 unspecified atom stereocenters. The van der Waals surface area contributed by atoms with Gasteiger partial charge in [-0.3, -0.25) is 4.79 Å². The molecule has 1 heterocycles. The highest BCUT2D eigenvalue weighted by Crippen LogP contribution is 2.30. The van der Waals surface area contributed by atoms with Crippen LogP contribution in [0.3, 0.4) is 0 Å². The zero-order chi connectivity index (χ0) is 19.4. The molecule has 0 spiro atoms. The van der Waals surface area contributed by atoms with Gasteiger partial charge in [0.2, 0.25) is 5.91 Å². The zero-order valence-electron chi connectivity index (χ0n) is 15.7. The fourth-order valence-electron chi connectivity index (χ4n) is 3.13. The summed E-state index contributed by atoms with van der Waals surface area (Å²) in [6.07, 6.45) is 0.0808. The topological polar surface area (TPSA) is 74.6 Å². The van der Waals surface area contributed by atoms with E-state index in [2.05, 4.69) is 16.3 Å². The Labute approximate surface area is 159 Å². The third-order valence-corrected chi connectivity index (χ3v) is 4.62. The number of nitrogens with zero attached hydrogens (tertiary/aromatic N) is 2. The second-order valence-electron chi connectivity index (χ2n) is 6.63. The molecule has 0 aromatic heterocycles. The highest BCUT2D eigenvalue weighted by Gasteiger charge is 2.30. The van der Waals surface area contributed by atoms with Gasteiger partial charge in [0.05, 0.1) is 37.5 Å². The summed E-state index contributed by atoms with van der Waals surface area (Å²) in [4.78, 5) is 13.3. The first-order chi connectivity index (χ1) is 13.0. The minimum absolute atomic E-state index is 0.0322. The molecule has 1 amide bonds. The molecule has 1 aliphatic heterocycles. The van der Waals surface area contributed by atoms with Crippen LogP contribution in [-0.4, -0.2) is 32.2 Å². The lowest BCUT2D eigenvalue weighted by atomic mass is 10.1. The van der Waals surface area contributed by atoms with Crippen molar-refractivity contribution < 1.29 is 14.3 Å². The van der Waals surface area contributed by atoms with Crippen molar-refractivity contribution in [2.24, 2.45) is 0 Å². The van der Waals surface area contributed by atoms with Crippen LogP contribution in [0.1, 0.15) is 31.0 Å². The van der Waals surface area contributed by atoms with Crippen LogP contribution in [0.15, 0.2) is 42.5 Å². The molecule has 6 heteroatoms. The van der Waals surface area contributed by atoms with Crippen LogP contribution in [0, 0.1) is 11.3 Å². The highest BCUT2D eigenvalue weighted by molar-refractivity contribution is 5.73. The summed E-state index contributed by atoms with van der Waals surface area (Å²) in [5.41, 5.74) is 2.53. The van der Waals surface area contributed by atoms with E-state index in [0.29, 0.717) is 11.3 Å². The number of hydrogen-bond donors (Lipinski definition) is 1. The smallest absolute Gasteiger partial charge is 0.217 e. The molecule has 0 saturated carbocycles. The molecule has 0 radical (unpaired) electrons. The molecular weight excluding hydrogens is 342 g/mol. The van der Waals surface area contributed by atoms with Crippen LogP contribution in [-0.2, 0) is 4.79 Å². The highest BCUT2D eigenvalue weighted by atomic mass is 16.5. The van der Waals surface area contributed by atoms with Crippen molar-refractivity contribution in [2.75, 3.05) is 25.1 Å². The molecule has 6 nitrogen and oxygen atoms in total. The standard InChI is InChI=1S/C21H23N3O3/c1-14(23-15(2)25)16-4-6-18(7-5-16)27-20-12-24(13-20)21-9-8-19(26-3)10-17(21)11-22/h4-10,14,20H,12-13H2,1-3H3,(H,23,25)/t14-/m0/s1. The summed E-state index contributed by atoms with van der Waals surface area (Å²) in [7, 11) is 1.59. The molecule has 0 aliphatic carbocycles. The van der Waals surface area contributed by atoms with Gasteiger partial charge < -0.3 is 19.7 Å². The average molecular weight is 365 g/mol. The van der Waals surface area contributed by atoms with Crippen molar-refractivity contribution in [1.29, 1.82) is 5.26 Å². The van der Waals surface area contributed by atoms with Gasteiger partial charge in [0.15, 0.2) is 0 Å². The van der Waals surface area contributed by atoms with Crippen LogP contribution in [0.4, 0.5) is 5.69 Å². The van der Waals surface area contributed by atoms with E-state index in [1.54, 1.807) is 13.2 Å². The SMILES string of the molecule is COc1ccc(N2CC(Oc3ccc([C@H](C)NC(C)=O)cc3)C2)c(C#N)c1. The Morgan fingerprint density at radius 1 is 1.22 bits per heavy atom. The largest absolute Gasteiger partial charge is 0.497 e. The monoisotopic (exact) mass is 365 g/mol. The number of hydrogen-bond acceptors (Lipinski definition) is 5. The van der Waals surface area contributed by atoms with Crippen molar-refractivity contribution in [3.8, 4) is 17.6 Å². The molecule has 27 heavy (non-hydrogen) atoms. The first-order valence-corrected chi connectivity index (χ1v) is 8.87. The fraction of sp³-hybridized carbons (Fsp3) is 0.333. The van der Waals surface area contributed by atoms with Gasteiger partial charge in [-0.2, -0.15) is 5.26 Å². The number of carbonyl (C=O) groups excluding carboxylic acids is 1. The maximum absolute atomic E-state index is 11.1. The fourth-order valence-corrected chi connectivity index (χ4v) is 3.13. The molecular formula is C21H23N3O3. The number of amides is 1. The number of anilines is 1. The van der Waals surface area contributed by atoms with E-state index in [1.807, 2.05) is 43.3 Å². The Balaban J connectivity index is 1.56. The molecule has 0 bridgehead atoms. The lowest BCUT2D eigenvalue weighted by Crippen LogP contribution is -2.54. The first-order valence-electron chi connectivity index (χ1n) is 8.87. The van der Waals surface area contributed by atoms with Crippen molar-refractivity contribution in [3.05, 3.63) is 53.6 Å². The zero-order valence-corrected chi connectivity index (χ0v) is 15.7. The van der Waals surface area contributed by atoms with Gasteiger partial charge in [-0.25, -0.2) is 0 Å². The maximum Gasteiger partial charge on any atom is 0.217 e. The van der Waals surface area contributed by atoms with Gasteiger partial charge in [-0.15, -0.1) is 0 Å². The Morgan fingerprint density at radius 2 is 1.89 bits per heavy atom. The second kappa shape index (κ2) is 8.00. The predicted molar refractivity (Wildman–Crippen MR) is 103 cm³/mol. The summed E-state index contributed by atoms with van der Waals surface area (Å²) < 4.78 is 11.2. The van der Waals surface area contributed by atoms with Crippen LogP contribution in [0.2, 0.25) is 0 Å². The van der Waals surface area contributed by atoms with E-state index >= 15 is 0 Å². The maximum atomic E-state index is 11.1. The van der Waals surface area contributed by atoms with E-state index in [4.69, 9.17) is 9.47 Å². The van der Waals surface area contributed by atoms with E-state index < -0.39 is 0 Å². The van der Waals surface area contributed by atoms with Crippen molar-refractivity contribution in [1.82, 2.24) is 5.32 Å². The van der Waals surface area contributed by atoms with E-state index in [-0.39, 0.29) is 18.1 Å². The Kier molecular flexibility index (Phi) is 5.51. The van der Waals surface area contributed by atoms with Crippen molar-refractivity contribution in [2.45, 2.75) is 26.0 Å².